The first-order valence-electron chi connectivity index (χ1n) is 5.26. The van der Waals surface area contributed by atoms with Crippen LogP contribution in [0.4, 0.5) is 5.82 Å². The van der Waals surface area contributed by atoms with Crippen molar-refractivity contribution in [2.45, 2.75) is 20.8 Å². The molecule has 88 valence electrons. The standard InChI is InChI=1S/C11H17N3O2/c1-7(2)9(11(15)16)6-14-10-8(3)12-4-5-13-10/h4-5,7,9H,6H2,1-3H3,(H,13,14)(H,15,16). The highest BCUT2D eigenvalue weighted by molar-refractivity contribution is 5.71. The summed E-state index contributed by atoms with van der Waals surface area (Å²) in [7, 11) is 0. The van der Waals surface area contributed by atoms with Crippen molar-refractivity contribution in [2.75, 3.05) is 11.9 Å². The third kappa shape index (κ3) is 3.18. The van der Waals surface area contributed by atoms with Crippen LogP contribution in [0.25, 0.3) is 0 Å². The fourth-order valence-corrected chi connectivity index (χ4v) is 1.40. The topological polar surface area (TPSA) is 75.1 Å². The van der Waals surface area contributed by atoms with Gasteiger partial charge in [-0.1, -0.05) is 13.8 Å². The molecule has 0 aliphatic rings. The first-order valence-corrected chi connectivity index (χ1v) is 5.26. The van der Waals surface area contributed by atoms with E-state index in [0.29, 0.717) is 12.4 Å². The first kappa shape index (κ1) is 12.4. The van der Waals surface area contributed by atoms with E-state index in [4.69, 9.17) is 5.11 Å². The maximum Gasteiger partial charge on any atom is 0.308 e. The number of nitrogens with zero attached hydrogens (tertiary/aromatic N) is 2. The molecule has 1 atom stereocenters. The third-order valence-electron chi connectivity index (χ3n) is 2.49. The molecule has 0 saturated heterocycles. The number of carbonyl (C=O) groups is 1. The molecular formula is C11H17N3O2. The van der Waals surface area contributed by atoms with Gasteiger partial charge in [-0.2, -0.15) is 0 Å². The summed E-state index contributed by atoms with van der Waals surface area (Å²) >= 11 is 0. The molecule has 0 radical (unpaired) electrons. The number of hydrogen-bond acceptors (Lipinski definition) is 4. The van der Waals surface area contributed by atoms with E-state index in [1.807, 2.05) is 20.8 Å². The molecule has 0 amide bonds. The molecule has 0 bridgehead atoms. The molecule has 0 saturated carbocycles. The van der Waals surface area contributed by atoms with E-state index in [1.165, 1.54) is 0 Å². The summed E-state index contributed by atoms with van der Waals surface area (Å²) in [6, 6.07) is 0. The molecule has 5 heteroatoms. The van der Waals surface area contributed by atoms with Crippen LogP contribution < -0.4 is 5.32 Å². The molecule has 1 heterocycles. The van der Waals surface area contributed by atoms with E-state index in [2.05, 4.69) is 15.3 Å². The van der Waals surface area contributed by atoms with Gasteiger partial charge in [0, 0.05) is 18.9 Å². The fourth-order valence-electron chi connectivity index (χ4n) is 1.40. The molecule has 5 nitrogen and oxygen atoms in total. The molecular weight excluding hydrogens is 206 g/mol. The molecule has 16 heavy (non-hydrogen) atoms. The average molecular weight is 223 g/mol. The van der Waals surface area contributed by atoms with Crippen LogP contribution >= 0.6 is 0 Å². The largest absolute Gasteiger partial charge is 0.481 e. The first-order chi connectivity index (χ1) is 7.52. The highest BCUT2D eigenvalue weighted by Gasteiger charge is 2.21. The summed E-state index contributed by atoms with van der Waals surface area (Å²) in [6.45, 7) is 5.99. The van der Waals surface area contributed by atoms with Gasteiger partial charge >= 0.3 is 5.97 Å². The quantitative estimate of drug-likeness (QED) is 0.792. The van der Waals surface area contributed by atoms with Gasteiger partial charge in [-0.25, -0.2) is 4.98 Å². The van der Waals surface area contributed by atoms with Crippen LogP contribution in [-0.2, 0) is 4.79 Å². The lowest BCUT2D eigenvalue weighted by molar-refractivity contribution is -0.142. The molecule has 1 rings (SSSR count). The summed E-state index contributed by atoms with van der Waals surface area (Å²) in [5, 5.41) is 12.0. The maximum atomic E-state index is 11.0. The number of carboxylic acid groups (broad SMARTS) is 1. The minimum atomic E-state index is -0.788. The number of nitrogens with one attached hydrogen (secondary N) is 1. The molecule has 1 unspecified atom stereocenters. The van der Waals surface area contributed by atoms with Gasteiger partial charge in [0.05, 0.1) is 11.6 Å². The Hall–Kier alpha value is -1.65. The van der Waals surface area contributed by atoms with E-state index in [1.54, 1.807) is 12.4 Å². The number of carboxylic acids is 1. The molecule has 2 N–H and O–H groups in total. The van der Waals surface area contributed by atoms with Crippen molar-refractivity contribution >= 4 is 11.8 Å². The Kier molecular flexibility index (Phi) is 4.22. The highest BCUT2D eigenvalue weighted by Crippen LogP contribution is 2.13. The van der Waals surface area contributed by atoms with Gasteiger partial charge in [0.2, 0.25) is 0 Å². The van der Waals surface area contributed by atoms with Crippen LogP contribution in [0.15, 0.2) is 12.4 Å². The zero-order chi connectivity index (χ0) is 12.1. The second kappa shape index (κ2) is 5.44. The Bertz CT molecular complexity index is 366. The van der Waals surface area contributed by atoms with Crippen LogP contribution in [0.2, 0.25) is 0 Å². The predicted octanol–water partition coefficient (Wildman–Crippen LogP) is 1.55. The molecule has 1 aromatic rings. The van der Waals surface area contributed by atoms with Crippen LogP contribution in [0.3, 0.4) is 0 Å². The number of aliphatic carboxylic acids is 1. The lowest BCUT2D eigenvalue weighted by Crippen LogP contribution is -2.28. The van der Waals surface area contributed by atoms with E-state index < -0.39 is 11.9 Å². The Morgan fingerprint density at radius 1 is 1.44 bits per heavy atom. The minimum absolute atomic E-state index is 0.0852. The average Bonchev–Trinajstić information content (AvgIpc) is 2.20. The maximum absolute atomic E-state index is 11.0. The predicted molar refractivity (Wildman–Crippen MR) is 61.2 cm³/mol. The molecule has 1 aromatic heterocycles. The molecule has 0 fully saturated rings. The zero-order valence-corrected chi connectivity index (χ0v) is 9.77. The van der Waals surface area contributed by atoms with Gasteiger partial charge in [-0.15, -0.1) is 0 Å². The van der Waals surface area contributed by atoms with E-state index in [0.717, 1.165) is 5.69 Å². The monoisotopic (exact) mass is 223 g/mol. The van der Waals surface area contributed by atoms with E-state index >= 15 is 0 Å². The SMILES string of the molecule is Cc1nccnc1NCC(C(=O)O)C(C)C. The second-order valence-corrected chi connectivity index (χ2v) is 4.06. The number of aryl methyl sites for hydroxylation is 1. The number of aromatic nitrogens is 2. The van der Waals surface area contributed by atoms with Gasteiger partial charge in [0.1, 0.15) is 5.82 Å². The van der Waals surface area contributed by atoms with Gasteiger partial charge < -0.3 is 10.4 Å². The molecule has 0 aliphatic carbocycles. The summed E-state index contributed by atoms with van der Waals surface area (Å²) < 4.78 is 0. The van der Waals surface area contributed by atoms with Crippen molar-refractivity contribution in [1.29, 1.82) is 0 Å². The summed E-state index contributed by atoms with van der Waals surface area (Å²) in [5.74, 6) is -0.471. The Morgan fingerprint density at radius 3 is 2.56 bits per heavy atom. The lowest BCUT2D eigenvalue weighted by atomic mass is 9.96. The summed E-state index contributed by atoms with van der Waals surface area (Å²) in [5.41, 5.74) is 0.774. The van der Waals surface area contributed by atoms with Gasteiger partial charge in [-0.05, 0) is 12.8 Å². The molecule has 0 aromatic carbocycles. The van der Waals surface area contributed by atoms with Crippen molar-refractivity contribution < 1.29 is 9.90 Å². The number of hydrogen-bond donors (Lipinski definition) is 2. The van der Waals surface area contributed by atoms with Crippen molar-refractivity contribution in [3.8, 4) is 0 Å². The molecule has 0 aliphatic heterocycles. The van der Waals surface area contributed by atoms with Crippen LogP contribution in [-0.4, -0.2) is 27.6 Å². The van der Waals surface area contributed by atoms with E-state index in [-0.39, 0.29) is 5.92 Å². The Balaban J connectivity index is 2.63. The van der Waals surface area contributed by atoms with Gasteiger partial charge in [0.25, 0.3) is 0 Å². The van der Waals surface area contributed by atoms with Gasteiger partial charge in [-0.3, -0.25) is 9.78 Å². The van der Waals surface area contributed by atoms with Crippen LogP contribution in [0.1, 0.15) is 19.5 Å². The second-order valence-electron chi connectivity index (χ2n) is 4.06. The minimum Gasteiger partial charge on any atom is -0.481 e. The van der Waals surface area contributed by atoms with Crippen LogP contribution in [0.5, 0.6) is 0 Å². The van der Waals surface area contributed by atoms with Crippen LogP contribution in [0, 0.1) is 18.8 Å². The Labute approximate surface area is 94.9 Å². The highest BCUT2D eigenvalue weighted by atomic mass is 16.4. The van der Waals surface area contributed by atoms with Crippen molar-refractivity contribution in [2.24, 2.45) is 11.8 Å². The van der Waals surface area contributed by atoms with Crippen molar-refractivity contribution in [3.05, 3.63) is 18.1 Å². The van der Waals surface area contributed by atoms with Gasteiger partial charge in [0.15, 0.2) is 0 Å². The number of anilines is 1. The normalized spacial score (nSPS) is 12.5. The third-order valence-corrected chi connectivity index (χ3v) is 2.49. The van der Waals surface area contributed by atoms with Crippen molar-refractivity contribution in [1.82, 2.24) is 9.97 Å². The summed E-state index contributed by atoms with van der Waals surface area (Å²) in [4.78, 5) is 19.1. The fraction of sp³-hybridized carbons (Fsp3) is 0.545. The number of rotatable bonds is 5. The lowest BCUT2D eigenvalue weighted by Gasteiger charge is -2.17. The zero-order valence-electron chi connectivity index (χ0n) is 9.77. The Morgan fingerprint density at radius 2 is 2.06 bits per heavy atom. The smallest absolute Gasteiger partial charge is 0.308 e. The summed E-state index contributed by atoms with van der Waals surface area (Å²) in [6.07, 6.45) is 3.19. The van der Waals surface area contributed by atoms with E-state index in [9.17, 15) is 4.79 Å². The molecule has 0 spiro atoms. The van der Waals surface area contributed by atoms with Crippen molar-refractivity contribution in [3.63, 3.8) is 0 Å².